The van der Waals surface area contributed by atoms with Gasteiger partial charge in [0, 0.05) is 22.8 Å². The molecule has 1 aliphatic rings. The maximum Gasteiger partial charge on any atom is 0.149 e. The monoisotopic (exact) mass is 196 g/mol. The summed E-state index contributed by atoms with van der Waals surface area (Å²) in [6.07, 6.45) is 0.447. The average Bonchev–Trinajstić information content (AvgIpc) is 1.79. The lowest BCUT2D eigenvalue weighted by atomic mass is 9.97. The normalized spacial score (nSPS) is 17.2. The minimum Gasteiger partial charge on any atom is -0.298 e. The second-order valence-electron chi connectivity index (χ2n) is 4.43. The molecular formula is C11H16OS. The van der Waals surface area contributed by atoms with Gasteiger partial charge in [-0.15, -0.1) is 0 Å². The molecule has 0 radical (unpaired) electrons. The number of Topliss-reactive ketones (excluding diaryl/α,β-unsaturated/α-hetero) is 1. The number of thioether (sulfide) groups is 1. The first-order valence-corrected chi connectivity index (χ1v) is 5.75. The standard InChI is InChI=1S/C11H16OS/c1-11(2,3)6-4-5-10(12)9-7-13-8-9/h9H,5,7-8H2,1-3H3. The molecule has 0 bridgehead atoms. The zero-order chi connectivity index (χ0) is 9.90. The van der Waals surface area contributed by atoms with E-state index in [0.29, 0.717) is 18.1 Å². The Labute approximate surface area is 84.7 Å². The summed E-state index contributed by atoms with van der Waals surface area (Å²) in [5.41, 5.74) is 0.0225. The third-order valence-corrected chi connectivity index (χ3v) is 3.10. The summed E-state index contributed by atoms with van der Waals surface area (Å²) in [6.45, 7) is 6.18. The van der Waals surface area contributed by atoms with Crippen molar-refractivity contribution in [3.05, 3.63) is 0 Å². The number of carbonyl (C=O) groups excluding carboxylic acids is 1. The summed E-state index contributed by atoms with van der Waals surface area (Å²) in [6, 6.07) is 0. The van der Waals surface area contributed by atoms with E-state index in [1.807, 2.05) is 11.8 Å². The Balaban J connectivity index is 2.31. The van der Waals surface area contributed by atoms with E-state index in [1.165, 1.54) is 0 Å². The Morgan fingerprint density at radius 2 is 2.08 bits per heavy atom. The second kappa shape index (κ2) is 4.19. The number of carbonyl (C=O) groups is 1. The van der Waals surface area contributed by atoms with Gasteiger partial charge in [0.05, 0.1) is 6.42 Å². The molecule has 0 atom stereocenters. The van der Waals surface area contributed by atoms with Crippen molar-refractivity contribution in [2.24, 2.45) is 11.3 Å². The van der Waals surface area contributed by atoms with Gasteiger partial charge < -0.3 is 0 Å². The van der Waals surface area contributed by atoms with E-state index < -0.39 is 0 Å². The molecule has 72 valence electrons. The van der Waals surface area contributed by atoms with Crippen LogP contribution in [0.5, 0.6) is 0 Å². The molecule has 0 saturated carbocycles. The highest BCUT2D eigenvalue weighted by Crippen LogP contribution is 2.25. The SMILES string of the molecule is CC(C)(C)C#CCC(=O)C1CSC1. The van der Waals surface area contributed by atoms with Crippen LogP contribution in [0.15, 0.2) is 0 Å². The van der Waals surface area contributed by atoms with Crippen LogP contribution in [0.3, 0.4) is 0 Å². The van der Waals surface area contributed by atoms with Crippen molar-refractivity contribution in [2.75, 3.05) is 11.5 Å². The Kier molecular flexibility index (Phi) is 3.44. The van der Waals surface area contributed by atoms with E-state index in [1.54, 1.807) is 0 Å². The predicted octanol–water partition coefficient (Wildman–Crippen LogP) is 2.36. The topological polar surface area (TPSA) is 17.1 Å². The lowest BCUT2D eigenvalue weighted by molar-refractivity contribution is -0.120. The number of ketones is 1. The van der Waals surface area contributed by atoms with Gasteiger partial charge in [0.1, 0.15) is 5.78 Å². The van der Waals surface area contributed by atoms with Crippen molar-refractivity contribution in [1.29, 1.82) is 0 Å². The van der Waals surface area contributed by atoms with Crippen LogP contribution in [0.2, 0.25) is 0 Å². The highest BCUT2D eigenvalue weighted by atomic mass is 32.2. The molecule has 13 heavy (non-hydrogen) atoms. The van der Waals surface area contributed by atoms with E-state index >= 15 is 0 Å². The van der Waals surface area contributed by atoms with Crippen LogP contribution in [-0.2, 0) is 4.79 Å². The fourth-order valence-electron chi connectivity index (χ4n) is 0.962. The molecule has 2 heteroatoms. The molecule has 0 aromatic heterocycles. The zero-order valence-electron chi connectivity index (χ0n) is 8.52. The summed E-state index contributed by atoms with van der Waals surface area (Å²) >= 11 is 1.84. The maximum atomic E-state index is 11.4. The molecule has 1 heterocycles. The summed E-state index contributed by atoms with van der Waals surface area (Å²) in [4.78, 5) is 11.4. The lowest BCUT2D eigenvalue weighted by Crippen LogP contribution is -2.27. The van der Waals surface area contributed by atoms with Gasteiger partial charge in [-0.3, -0.25) is 4.79 Å². The average molecular weight is 196 g/mol. The van der Waals surface area contributed by atoms with Crippen LogP contribution in [0.1, 0.15) is 27.2 Å². The molecule has 0 aliphatic carbocycles. The van der Waals surface area contributed by atoms with Gasteiger partial charge in [-0.2, -0.15) is 11.8 Å². The molecule has 0 spiro atoms. The van der Waals surface area contributed by atoms with E-state index in [-0.39, 0.29) is 5.41 Å². The van der Waals surface area contributed by atoms with E-state index in [0.717, 1.165) is 11.5 Å². The first-order valence-electron chi connectivity index (χ1n) is 4.59. The quantitative estimate of drug-likeness (QED) is 0.631. The Morgan fingerprint density at radius 1 is 1.46 bits per heavy atom. The first kappa shape index (κ1) is 10.7. The van der Waals surface area contributed by atoms with Gasteiger partial charge in [-0.05, 0) is 20.8 Å². The number of hydrogen-bond acceptors (Lipinski definition) is 2. The largest absolute Gasteiger partial charge is 0.298 e. The van der Waals surface area contributed by atoms with Gasteiger partial charge in [0.15, 0.2) is 0 Å². The van der Waals surface area contributed by atoms with Crippen molar-refractivity contribution in [2.45, 2.75) is 27.2 Å². The molecule has 1 rings (SSSR count). The van der Waals surface area contributed by atoms with E-state index in [9.17, 15) is 4.79 Å². The van der Waals surface area contributed by atoms with Crippen molar-refractivity contribution < 1.29 is 4.79 Å². The summed E-state index contributed by atoms with van der Waals surface area (Å²) in [7, 11) is 0. The smallest absolute Gasteiger partial charge is 0.149 e. The first-order chi connectivity index (χ1) is 5.99. The van der Waals surface area contributed by atoms with Gasteiger partial charge in [0.25, 0.3) is 0 Å². The Bertz CT molecular complexity index is 247. The van der Waals surface area contributed by atoms with Crippen molar-refractivity contribution >= 4 is 17.5 Å². The minimum absolute atomic E-state index is 0.0225. The number of hydrogen-bond donors (Lipinski definition) is 0. The fourth-order valence-corrected chi connectivity index (χ4v) is 1.81. The zero-order valence-corrected chi connectivity index (χ0v) is 9.33. The predicted molar refractivity (Wildman–Crippen MR) is 57.7 cm³/mol. The van der Waals surface area contributed by atoms with Gasteiger partial charge in [-0.25, -0.2) is 0 Å². The maximum absolute atomic E-state index is 11.4. The molecule has 0 unspecified atom stereocenters. The minimum atomic E-state index is 0.0225. The molecule has 0 amide bonds. The van der Waals surface area contributed by atoms with E-state index in [4.69, 9.17) is 0 Å². The summed E-state index contributed by atoms with van der Waals surface area (Å²) < 4.78 is 0. The van der Waals surface area contributed by atoms with Gasteiger partial charge in [-0.1, -0.05) is 11.8 Å². The van der Waals surface area contributed by atoms with Crippen LogP contribution in [0, 0.1) is 23.2 Å². The van der Waals surface area contributed by atoms with E-state index in [2.05, 4.69) is 32.6 Å². The highest BCUT2D eigenvalue weighted by Gasteiger charge is 2.24. The number of rotatable bonds is 2. The second-order valence-corrected chi connectivity index (χ2v) is 5.50. The fraction of sp³-hybridized carbons (Fsp3) is 0.727. The Morgan fingerprint density at radius 3 is 2.46 bits per heavy atom. The highest BCUT2D eigenvalue weighted by molar-refractivity contribution is 8.00. The van der Waals surface area contributed by atoms with Crippen LogP contribution in [-0.4, -0.2) is 17.3 Å². The molecule has 1 fully saturated rings. The van der Waals surface area contributed by atoms with Crippen LogP contribution < -0.4 is 0 Å². The lowest BCUT2D eigenvalue weighted by Gasteiger charge is -2.22. The molecule has 1 saturated heterocycles. The summed E-state index contributed by atoms with van der Waals surface area (Å²) in [5.74, 6) is 8.70. The van der Waals surface area contributed by atoms with Gasteiger partial charge in [0.2, 0.25) is 0 Å². The van der Waals surface area contributed by atoms with Crippen LogP contribution in [0.4, 0.5) is 0 Å². The molecule has 0 aromatic carbocycles. The molecule has 0 aromatic rings. The third kappa shape index (κ3) is 3.87. The summed E-state index contributed by atoms with van der Waals surface area (Å²) in [5, 5.41) is 0. The van der Waals surface area contributed by atoms with Gasteiger partial charge >= 0.3 is 0 Å². The van der Waals surface area contributed by atoms with Crippen molar-refractivity contribution in [3.8, 4) is 11.8 Å². The van der Waals surface area contributed by atoms with Crippen LogP contribution in [0.25, 0.3) is 0 Å². The molecular weight excluding hydrogens is 180 g/mol. The molecule has 1 nitrogen and oxygen atoms in total. The van der Waals surface area contributed by atoms with Crippen molar-refractivity contribution in [3.63, 3.8) is 0 Å². The van der Waals surface area contributed by atoms with Crippen LogP contribution >= 0.6 is 11.8 Å². The third-order valence-electron chi connectivity index (χ3n) is 1.82. The Hall–Kier alpha value is -0.420. The van der Waals surface area contributed by atoms with Crippen molar-refractivity contribution in [1.82, 2.24) is 0 Å². The molecule has 1 aliphatic heterocycles. The molecule has 0 N–H and O–H groups in total.